The summed E-state index contributed by atoms with van der Waals surface area (Å²) in [5.74, 6) is 1.45. The topological polar surface area (TPSA) is 77.1 Å². The van der Waals surface area contributed by atoms with Crippen LogP contribution >= 0.6 is 0 Å². The summed E-state index contributed by atoms with van der Waals surface area (Å²) in [5.41, 5.74) is 1.89. The fourth-order valence-electron chi connectivity index (χ4n) is 3.73. The quantitative estimate of drug-likeness (QED) is 0.666. The molecule has 1 aliphatic rings. The zero-order chi connectivity index (χ0) is 22.4. The number of carbonyl (C=O) groups excluding carboxylic acids is 2. The SMILES string of the molecule is COc1ccc(CCC(C)NC(=O)C2CC(=O)N(c3ccc(OC)c(OC)c3)C2)cc1. The van der Waals surface area contributed by atoms with Crippen molar-refractivity contribution in [3.63, 3.8) is 0 Å². The van der Waals surface area contributed by atoms with Crippen LogP contribution in [-0.2, 0) is 16.0 Å². The smallest absolute Gasteiger partial charge is 0.227 e. The Morgan fingerprint density at radius 2 is 1.77 bits per heavy atom. The molecule has 7 nitrogen and oxygen atoms in total. The lowest BCUT2D eigenvalue weighted by Crippen LogP contribution is -2.38. The summed E-state index contributed by atoms with van der Waals surface area (Å²) < 4.78 is 15.8. The van der Waals surface area contributed by atoms with Gasteiger partial charge in [-0.15, -0.1) is 0 Å². The van der Waals surface area contributed by atoms with Crippen LogP contribution in [0.4, 0.5) is 5.69 Å². The standard InChI is InChI=1S/C24H30N2O5/c1-16(5-6-17-7-10-20(29-2)11-8-17)25-24(28)18-13-23(27)26(15-18)19-9-12-21(30-3)22(14-19)31-4/h7-12,14,16,18H,5-6,13,15H2,1-4H3,(H,25,28). The molecular weight excluding hydrogens is 396 g/mol. The number of anilines is 1. The maximum absolute atomic E-state index is 12.7. The van der Waals surface area contributed by atoms with Crippen LogP contribution < -0.4 is 24.4 Å². The number of hydrogen-bond donors (Lipinski definition) is 1. The normalized spacial score (nSPS) is 16.7. The van der Waals surface area contributed by atoms with Crippen molar-refractivity contribution in [1.29, 1.82) is 0 Å². The summed E-state index contributed by atoms with van der Waals surface area (Å²) in [5, 5.41) is 3.06. The number of amides is 2. The minimum Gasteiger partial charge on any atom is -0.497 e. The molecule has 31 heavy (non-hydrogen) atoms. The average molecular weight is 427 g/mol. The zero-order valence-electron chi connectivity index (χ0n) is 18.5. The molecule has 1 fully saturated rings. The number of nitrogens with one attached hydrogen (secondary N) is 1. The van der Waals surface area contributed by atoms with E-state index in [1.54, 1.807) is 44.4 Å². The van der Waals surface area contributed by atoms with Crippen LogP contribution in [0.5, 0.6) is 17.2 Å². The largest absolute Gasteiger partial charge is 0.497 e. The molecule has 1 saturated heterocycles. The lowest BCUT2D eigenvalue weighted by molar-refractivity contribution is -0.126. The number of nitrogens with zero attached hydrogens (tertiary/aromatic N) is 1. The molecule has 2 unspecified atom stereocenters. The van der Waals surface area contributed by atoms with Gasteiger partial charge in [-0.2, -0.15) is 0 Å². The maximum atomic E-state index is 12.7. The van der Waals surface area contributed by atoms with E-state index in [1.165, 1.54) is 5.56 Å². The molecular formula is C24H30N2O5. The van der Waals surface area contributed by atoms with E-state index in [0.717, 1.165) is 18.6 Å². The van der Waals surface area contributed by atoms with Crippen molar-refractivity contribution in [2.45, 2.75) is 32.2 Å². The Morgan fingerprint density at radius 1 is 1.06 bits per heavy atom. The lowest BCUT2D eigenvalue weighted by Gasteiger charge is -2.19. The van der Waals surface area contributed by atoms with Crippen LogP contribution in [0.3, 0.4) is 0 Å². The Balaban J connectivity index is 1.54. The lowest BCUT2D eigenvalue weighted by atomic mass is 10.0. The van der Waals surface area contributed by atoms with Gasteiger partial charge in [-0.1, -0.05) is 12.1 Å². The van der Waals surface area contributed by atoms with E-state index in [-0.39, 0.29) is 30.2 Å². The first-order valence-corrected chi connectivity index (χ1v) is 10.4. The average Bonchev–Trinajstić information content (AvgIpc) is 3.19. The predicted molar refractivity (Wildman–Crippen MR) is 119 cm³/mol. The number of hydrogen-bond acceptors (Lipinski definition) is 5. The number of rotatable bonds is 9. The molecule has 0 bridgehead atoms. The third kappa shape index (κ3) is 5.48. The Hall–Kier alpha value is -3.22. The van der Waals surface area contributed by atoms with Crippen LogP contribution in [0.15, 0.2) is 42.5 Å². The summed E-state index contributed by atoms with van der Waals surface area (Å²) in [6, 6.07) is 13.3. The van der Waals surface area contributed by atoms with Gasteiger partial charge in [0.2, 0.25) is 11.8 Å². The van der Waals surface area contributed by atoms with Gasteiger partial charge in [-0.05, 0) is 49.6 Å². The van der Waals surface area contributed by atoms with Crippen LogP contribution in [-0.4, -0.2) is 45.7 Å². The first-order chi connectivity index (χ1) is 14.9. The van der Waals surface area contributed by atoms with Gasteiger partial charge in [0.25, 0.3) is 0 Å². The van der Waals surface area contributed by atoms with Gasteiger partial charge in [0.15, 0.2) is 11.5 Å². The fraction of sp³-hybridized carbons (Fsp3) is 0.417. The van der Waals surface area contributed by atoms with E-state index in [9.17, 15) is 9.59 Å². The highest BCUT2D eigenvalue weighted by Gasteiger charge is 2.35. The fourth-order valence-corrected chi connectivity index (χ4v) is 3.73. The van der Waals surface area contributed by atoms with Gasteiger partial charge in [0, 0.05) is 30.8 Å². The molecule has 0 radical (unpaired) electrons. The molecule has 2 aromatic carbocycles. The molecule has 1 N–H and O–H groups in total. The number of aryl methyl sites for hydroxylation is 1. The Kier molecular flexibility index (Phi) is 7.39. The zero-order valence-corrected chi connectivity index (χ0v) is 18.5. The molecule has 0 aliphatic carbocycles. The van der Waals surface area contributed by atoms with Gasteiger partial charge < -0.3 is 24.4 Å². The van der Waals surface area contributed by atoms with Crippen molar-refractivity contribution in [1.82, 2.24) is 5.32 Å². The van der Waals surface area contributed by atoms with E-state index in [4.69, 9.17) is 14.2 Å². The second kappa shape index (κ2) is 10.2. The molecule has 2 aromatic rings. The van der Waals surface area contributed by atoms with Gasteiger partial charge >= 0.3 is 0 Å². The molecule has 0 saturated carbocycles. The Bertz CT molecular complexity index is 913. The van der Waals surface area contributed by atoms with Gasteiger partial charge in [-0.25, -0.2) is 0 Å². The minimum absolute atomic E-state index is 0.0137. The molecule has 1 heterocycles. The van der Waals surface area contributed by atoms with Gasteiger partial charge in [0.05, 0.1) is 27.2 Å². The van der Waals surface area contributed by atoms with Crippen molar-refractivity contribution in [3.8, 4) is 17.2 Å². The van der Waals surface area contributed by atoms with E-state index in [2.05, 4.69) is 5.32 Å². The predicted octanol–water partition coefficient (Wildman–Crippen LogP) is 3.20. The monoisotopic (exact) mass is 426 g/mol. The highest BCUT2D eigenvalue weighted by molar-refractivity contribution is 6.00. The Labute approximate surface area is 183 Å². The number of benzene rings is 2. The first kappa shape index (κ1) is 22.5. The molecule has 3 rings (SSSR count). The second-order valence-electron chi connectivity index (χ2n) is 7.74. The molecule has 1 aliphatic heterocycles. The highest BCUT2D eigenvalue weighted by atomic mass is 16.5. The van der Waals surface area contributed by atoms with E-state index in [1.807, 2.05) is 31.2 Å². The number of carbonyl (C=O) groups is 2. The summed E-state index contributed by atoms with van der Waals surface area (Å²) in [6.07, 6.45) is 1.87. The molecule has 2 atom stereocenters. The van der Waals surface area contributed by atoms with Crippen LogP contribution in [0, 0.1) is 5.92 Å². The molecule has 0 spiro atoms. The summed E-state index contributed by atoms with van der Waals surface area (Å²) in [4.78, 5) is 26.9. The van der Waals surface area contributed by atoms with Crippen LogP contribution in [0.25, 0.3) is 0 Å². The maximum Gasteiger partial charge on any atom is 0.227 e. The van der Waals surface area contributed by atoms with Crippen molar-refractivity contribution in [2.75, 3.05) is 32.8 Å². The Morgan fingerprint density at radius 3 is 2.42 bits per heavy atom. The minimum atomic E-state index is -0.371. The van der Waals surface area contributed by atoms with E-state index < -0.39 is 0 Å². The summed E-state index contributed by atoms with van der Waals surface area (Å²) >= 11 is 0. The van der Waals surface area contributed by atoms with Crippen molar-refractivity contribution < 1.29 is 23.8 Å². The molecule has 2 amide bonds. The first-order valence-electron chi connectivity index (χ1n) is 10.4. The second-order valence-corrected chi connectivity index (χ2v) is 7.74. The van der Waals surface area contributed by atoms with Gasteiger partial charge in [0.1, 0.15) is 5.75 Å². The highest BCUT2D eigenvalue weighted by Crippen LogP contribution is 2.34. The summed E-state index contributed by atoms with van der Waals surface area (Å²) in [7, 11) is 4.76. The molecule has 0 aromatic heterocycles. The van der Waals surface area contributed by atoms with E-state index in [0.29, 0.717) is 23.7 Å². The third-order valence-corrected chi connectivity index (χ3v) is 5.59. The van der Waals surface area contributed by atoms with Crippen molar-refractivity contribution in [2.24, 2.45) is 5.92 Å². The molecule has 166 valence electrons. The van der Waals surface area contributed by atoms with Crippen LogP contribution in [0.1, 0.15) is 25.3 Å². The summed E-state index contributed by atoms with van der Waals surface area (Å²) in [6.45, 7) is 2.34. The van der Waals surface area contributed by atoms with Gasteiger partial charge in [-0.3, -0.25) is 9.59 Å². The van der Waals surface area contributed by atoms with Crippen LogP contribution in [0.2, 0.25) is 0 Å². The third-order valence-electron chi connectivity index (χ3n) is 5.59. The molecule has 7 heteroatoms. The van der Waals surface area contributed by atoms with E-state index >= 15 is 0 Å². The number of ether oxygens (including phenoxy) is 3. The van der Waals surface area contributed by atoms with Crippen molar-refractivity contribution in [3.05, 3.63) is 48.0 Å². The van der Waals surface area contributed by atoms with Crippen molar-refractivity contribution >= 4 is 17.5 Å². The number of methoxy groups -OCH3 is 3.